The highest BCUT2D eigenvalue weighted by atomic mass is 14.9. The number of aromatic nitrogens is 2. The topological polar surface area (TPSA) is 49.6 Å². The van der Waals surface area contributed by atoms with Crippen LogP contribution in [0.25, 0.3) is 89.5 Å². The summed E-state index contributed by atoms with van der Waals surface area (Å²) in [7, 11) is 0. The number of rotatable bonds is 7. The van der Waals surface area contributed by atoms with Gasteiger partial charge in [0, 0.05) is 22.1 Å². The number of fused-ring (bicyclic) bond motifs is 5. The fourth-order valence-electron chi connectivity index (χ4n) is 9.94. The summed E-state index contributed by atoms with van der Waals surface area (Å²) >= 11 is 0. The van der Waals surface area contributed by atoms with Crippen molar-refractivity contribution in [3.63, 3.8) is 0 Å². The molecule has 0 bridgehead atoms. The van der Waals surface area contributed by atoms with Gasteiger partial charge in [0.05, 0.1) is 23.0 Å². The van der Waals surface area contributed by atoms with Crippen LogP contribution in [0.3, 0.4) is 0 Å². The molecule has 1 spiro atoms. The first-order valence-electron chi connectivity index (χ1n) is 21.7. The maximum Gasteiger partial charge on any atom is 0.160 e. The van der Waals surface area contributed by atoms with Gasteiger partial charge in [0.25, 0.3) is 0 Å². The molecule has 3 heteroatoms. The van der Waals surface area contributed by atoms with E-state index in [2.05, 4.69) is 176 Å². The number of benzene rings is 8. The Bertz CT molecular complexity index is 3120. The first-order chi connectivity index (χ1) is 30.6. The molecule has 2 aliphatic rings. The minimum Gasteiger partial charge on any atom is -0.228 e. The summed E-state index contributed by atoms with van der Waals surface area (Å²) in [4.78, 5) is 10.1. The second kappa shape index (κ2) is 15.7. The molecule has 1 fully saturated rings. The van der Waals surface area contributed by atoms with E-state index in [0.717, 1.165) is 39.2 Å². The molecule has 0 saturated heterocycles. The fraction of sp³-hybridized carbons (Fsp3) is 0.102. The molecule has 62 heavy (non-hydrogen) atoms. The summed E-state index contributed by atoms with van der Waals surface area (Å²) in [5, 5.41) is 9.71. The third kappa shape index (κ3) is 6.81. The van der Waals surface area contributed by atoms with Gasteiger partial charge in [-0.1, -0.05) is 189 Å². The van der Waals surface area contributed by atoms with Gasteiger partial charge in [0.1, 0.15) is 0 Å². The predicted octanol–water partition coefficient (Wildman–Crippen LogP) is 15.2. The van der Waals surface area contributed by atoms with Crippen molar-refractivity contribution in [2.24, 2.45) is 0 Å². The molecule has 2 aliphatic carbocycles. The number of hydrogen-bond donors (Lipinski definition) is 0. The van der Waals surface area contributed by atoms with Crippen LogP contribution in [0, 0.1) is 11.3 Å². The summed E-state index contributed by atoms with van der Waals surface area (Å²) in [5.74, 6) is 0.707. The van der Waals surface area contributed by atoms with Crippen molar-refractivity contribution in [1.82, 2.24) is 9.97 Å². The van der Waals surface area contributed by atoms with Gasteiger partial charge in [-0.2, -0.15) is 5.26 Å². The van der Waals surface area contributed by atoms with E-state index in [1.807, 2.05) is 30.3 Å². The average Bonchev–Trinajstić information content (AvgIpc) is 3.61. The average molecular weight is 794 g/mol. The lowest BCUT2D eigenvalue weighted by Gasteiger charge is -2.36. The Morgan fingerprint density at radius 2 is 0.823 bits per heavy atom. The van der Waals surface area contributed by atoms with E-state index in [0.29, 0.717) is 5.82 Å². The zero-order valence-corrected chi connectivity index (χ0v) is 34.4. The minimum absolute atomic E-state index is 0.0390. The molecule has 9 aromatic rings. The second-order valence-corrected chi connectivity index (χ2v) is 16.8. The van der Waals surface area contributed by atoms with Crippen LogP contribution < -0.4 is 0 Å². The molecule has 294 valence electrons. The number of nitriles is 1. The van der Waals surface area contributed by atoms with Crippen LogP contribution in [0.5, 0.6) is 0 Å². The number of nitrogens with zero attached hydrogens (tertiary/aromatic N) is 3. The van der Waals surface area contributed by atoms with E-state index in [1.54, 1.807) is 0 Å². The zero-order chi connectivity index (χ0) is 41.5. The van der Waals surface area contributed by atoms with Gasteiger partial charge in [-0.05, 0) is 110 Å². The molecule has 1 saturated carbocycles. The van der Waals surface area contributed by atoms with Crippen LogP contribution in [-0.4, -0.2) is 9.97 Å². The normalized spacial score (nSPS) is 13.6. The van der Waals surface area contributed by atoms with Gasteiger partial charge < -0.3 is 0 Å². The quantitative estimate of drug-likeness (QED) is 0.161. The molecule has 0 unspecified atom stereocenters. The van der Waals surface area contributed by atoms with Gasteiger partial charge in [0.15, 0.2) is 5.82 Å². The largest absolute Gasteiger partial charge is 0.228 e. The maximum atomic E-state index is 9.71. The van der Waals surface area contributed by atoms with Crippen molar-refractivity contribution in [1.29, 1.82) is 5.26 Å². The SMILES string of the molecule is N#Cc1ccc2c(c1)-c1ccc(-c3cccc(-c4ccc(-c5ccc(-c6cc(-c7ccc(-c8ccccc8)cc7)nc(-c7ccccc7)n6)cc5)cc4)c3)cc1C21CCCCC1. The number of hydrogen-bond acceptors (Lipinski definition) is 3. The smallest absolute Gasteiger partial charge is 0.160 e. The minimum atomic E-state index is 0.0390. The van der Waals surface area contributed by atoms with E-state index in [-0.39, 0.29) is 5.41 Å². The molecular weight excluding hydrogens is 751 g/mol. The second-order valence-electron chi connectivity index (χ2n) is 16.8. The summed E-state index contributed by atoms with van der Waals surface area (Å²) < 4.78 is 0. The molecule has 0 atom stereocenters. The van der Waals surface area contributed by atoms with Crippen molar-refractivity contribution in [3.8, 4) is 95.6 Å². The predicted molar refractivity (Wildman–Crippen MR) is 254 cm³/mol. The lowest BCUT2D eigenvalue weighted by Crippen LogP contribution is -2.28. The first kappa shape index (κ1) is 37.3. The van der Waals surface area contributed by atoms with Crippen LogP contribution in [0.2, 0.25) is 0 Å². The standard InChI is InChI=1S/C59H43N3/c60-39-40-17-32-54-53(35-40)52-31-30-51(37-55(52)59(54)33-8-3-9-34-59)50-16-10-15-49(36-50)45-20-18-43(19-21-45)44-24-28-47(29-25-44)57-38-56(61-58(62-57)48-13-6-2-7-14-48)46-26-22-42(23-27-46)41-11-4-1-5-12-41/h1-2,4-7,10-32,35-38H,3,8-9,33-34H2. The molecule has 0 amide bonds. The van der Waals surface area contributed by atoms with Crippen molar-refractivity contribution in [2.75, 3.05) is 0 Å². The third-order valence-electron chi connectivity index (χ3n) is 13.2. The van der Waals surface area contributed by atoms with E-state index < -0.39 is 0 Å². The van der Waals surface area contributed by atoms with Crippen LogP contribution in [0.1, 0.15) is 48.8 Å². The Balaban J connectivity index is 0.862. The zero-order valence-electron chi connectivity index (χ0n) is 34.4. The molecule has 0 aliphatic heterocycles. The maximum absolute atomic E-state index is 9.71. The summed E-state index contributed by atoms with van der Waals surface area (Å²) in [5.41, 5.74) is 20.6. The molecule has 1 aromatic heterocycles. The van der Waals surface area contributed by atoms with Crippen LogP contribution in [-0.2, 0) is 5.41 Å². The molecule has 8 aromatic carbocycles. The summed E-state index contributed by atoms with van der Waals surface area (Å²) in [6, 6.07) is 73.7. The van der Waals surface area contributed by atoms with Gasteiger partial charge in [0.2, 0.25) is 0 Å². The van der Waals surface area contributed by atoms with Crippen molar-refractivity contribution >= 4 is 0 Å². The molecule has 1 heterocycles. The lowest BCUT2D eigenvalue weighted by atomic mass is 9.67. The fourth-order valence-corrected chi connectivity index (χ4v) is 9.94. The van der Waals surface area contributed by atoms with E-state index in [4.69, 9.17) is 9.97 Å². The monoisotopic (exact) mass is 793 g/mol. The Morgan fingerprint density at radius 1 is 0.355 bits per heavy atom. The summed E-state index contributed by atoms with van der Waals surface area (Å²) in [6.45, 7) is 0. The van der Waals surface area contributed by atoms with Crippen molar-refractivity contribution in [2.45, 2.75) is 37.5 Å². The van der Waals surface area contributed by atoms with Crippen LogP contribution >= 0.6 is 0 Å². The molecular formula is C59H43N3. The van der Waals surface area contributed by atoms with Crippen molar-refractivity contribution in [3.05, 3.63) is 217 Å². The Hall–Kier alpha value is -7.67. The Morgan fingerprint density at radius 3 is 1.40 bits per heavy atom. The van der Waals surface area contributed by atoms with Gasteiger partial charge in [-0.15, -0.1) is 0 Å². The lowest BCUT2D eigenvalue weighted by molar-refractivity contribution is 0.353. The highest BCUT2D eigenvalue weighted by molar-refractivity contribution is 5.86. The summed E-state index contributed by atoms with van der Waals surface area (Å²) in [6.07, 6.45) is 6.10. The van der Waals surface area contributed by atoms with Gasteiger partial charge in [-0.3, -0.25) is 0 Å². The molecule has 11 rings (SSSR count). The molecule has 0 N–H and O–H groups in total. The Kier molecular flexibility index (Phi) is 9.48. The highest BCUT2D eigenvalue weighted by Crippen LogP contribution is 2.56. The highest BCUT2D eigenvalue weighted by Gasteiger charge is 2.43. The van der Waals surface area contributed by atoms with E-state index in [1.165, 1.54) is 93.3 Å². The molecule has 3 nitrogen and oxygen atoms in total. The van der Waals surface area contributed by atoms with Crippen LogP contribution in [0.15, 0.2) is 200 Å². The van der Waals surface area contributed by atoms with Gasteiger partial charge in [-0.25, -0.2) is 9.97 Å². The Labute approximate surface area is 363 Å². The van der Waals surface area contributed by atoms with Crippen LogP contribution in [0.4, 0.5) is 0 Å². The third-order valence-corrected chi connectivity index (χ3v) is 13.2. The van der Waals surface area contributed by atoms with E-state index in [9.17, 15) is 5.26 Å². The molecule has 0 radical (unpaired) electrons. The van der Waals surface area contributed by atoms with E-state index >= 15 is 0 Å². The van der Waals surface area contributed by atoms with Gasteiger partial charge >= 0.3 is 0 Å². The first-order valence-corrected chi connectivity index (χ1v) is 21.7. The van der Waals surface area contributed by atoms with Crippen molar-refractivity contribution < 1.29 is 0 Å².